The number of carbonyl (C=O) groups excluding carboxylic acids is 1. The molecule has 0 aliphatic heterocycles. The number of hydrogen-bond donors (Lipinski definition) is 2. The summed E-state index contributed by atoms with van der Waals surface area (Å²) in [6.45, 7) is 4.12. The van der Waals surface area contributed by atoms with E-state index in [1.54, 1.807) is 15.7 Å². The minimum atomic E-state index is -0.779. The number of fused-ring (bicyclic) bond motifs is 1. The number of hydrogen-bond acceptors (Lipinski definition) is 9. The summed E-state index contributed by atoms with van der Waals surface area (Å²) < 4.78 is 22.1. The Morgan fingerprint density at radius 1 is 0.943 bits per heavy atom. The average molecular weight is 529 g/mol. The lowest BCUT2D eigenvalue weighted by Gasteiger charge is -2.22. The van der Waals surface area contributed by atoms with E-state index < -0.39 is 12.1 Å². The molecule has 0 unspecified atom stereocenters. The molecule has 0 aromatic heterocycles. The first kappa shape index (κ1) is 29.5. The first-order chi connectivity index (χ1) is 17.1. The maximum absolute atomic E-state index is 12.7. The van der Waals surface area contributed by atoms with Crippen LogP contribution in [0, 0.1) is 0 Å². The zero-order chi connectivity index (χ0) is 25.1. The van der Waals surface area contributed by atoms with Crippen LogP contribution in [0.15, 0.2) is 29.8 Å². The molecule has 0 spiro atoms. The molecule has 1 aromatic rings. The van der Waals surface area contributed by atoms with E-state index in [1.165, 1.54) is 21.9 Å². The second kappa shape index (κ2) is 18.5. The molecule has 11 heteroatoms. The van der Waals surface area contributed by atoms with Crippen molar-refractivity contribution in [3.63, 3.8) is 0 Å². The van der Waals surface area contributed by atoms with Gasteiger partial charge in [-0.05, 0) is 23.1 Å². The number of aliphatic carboxylic acids is 1. The van der Waals surface area contributed by atoms with E-state index in [4.69, 9.17) is 29.8 Å². The van der Waals surface area contributed by atoms with E-state index in [0.29, 0.717) is 65.0 Å². The Labute approximate surface area is 215 Å². The fourth-order valence-electron chi connectivity index (χ4n) is 3.18. The molecule has 196 valence electrons. The molecule has 0 saturated carbocycles. The van der Waals surface area contributed by atoms with Crippen molar-refractivity contribution in [3.8, 4) is 0 Å². The van der Waals surface area contributed by atoms with Crippen LogP contribution in [0.4, 0.5) is 4.79 Å². The summed E-state index contributed by atoms with van der Waals surface area (Å²) in [4.78, 5) is 24.7. The minimum absolute atomic E-state index is 0.169. The Kier molecular flexibility index (Phi) is 15.6. The fourth-order valence-corrected chi connectivity index (χ4v) is 5.02. The maximum Gasteiger partial charge on any atom is 0.410 e. The lowest BCUT2D eigenvalue weighted by atomic mass is 10.1. The SMILES string of the molecule is NCCOCCN(CCOCCOCCSSCCC(=O)O)C(=O)OCC1=Cc2ccccc2C1. The van der Waals surface area contributed by atoms with Gasteiger partial charge in [0.25, 0.3) is 0 Å². The first-order valence-electron chi connectivity index (χ1n) is 11.7. The van der Waals surface area contributed by atoms with Gasteiger partial charge in [0.2, 0.25) is 0 Å². The van der Waals surface area contributed by atoms with Crippen LogP contribution in [0.3, 0.4) is 0 Å². The predicted molar refractivity (Wildman–Crippen MR) is 140 cm³/mol. The van der Waals surface area contributed by atoms with Gasteiger partial charge in [-0.3, -0.25) is 4.79 Å². The van der Waals surface area contributed by atoms with E-state index in [2.05, 4.69) is 18.2 Å². The molecule has 0 bridgehead atoms. The lowest BCUT2D eigenvalue weighted by Crippen LogP contribution is -2.37. The highest BCUT2D eigenvalue weighted by Gasteiger charge is 2.18. The molecule has 9 nitrogen and oxygen atoms in total. The third-order valence-corrected chi connectivity index (χ3v) is 7.28. The summed E-state index contributed by atoms with van der Waals surface area (Å²) in [5.74, 6) is 0.595. The number of nitrogens with zero attached hydrogens (tertiary/aromatic N) is 1. The molecule has 2 rings (SSSR count). The fraction of sp³-hybridized carbons (Fsp3) is 0.583. The third kappa shape index (κ3) is 13.2. The second-order valence-corrected chi connectivity index (χ2v) is 10.3. The van der Waals surface area contributed by atoms with Crippen LogP contribution >= 0.6 is 21.6 Å². The van der Waals surface area contributed by atoms with E-state index in [0.717, 1.165) is 17.7 Å². The van der Waals surface area contributed by atoms with Gasteiger partial charge in [0.1, 0.15) is 6.61 Å². The van der Waals surface area contributed by atoms with Gasteiger partial charge in [-0.25, -0.2) is 4.79 Å². The van der Waals surface area contributed by atoms with Crippen molar-refractivity contribution >= 4 is 39.7 Å². The highest BCUT2D eigenvalue weighted by molar-refractivity contribution is 8.76. The smallest absolute Gasteiger partial charge is 0.410 e. The van der Waals surface area contributed by atoms with Crippen LogP contribution in [0.1, 0.15) is 17.5 Å². The number of rotatable bonds is 20. The molecule has 35 heavy (non-hydrogen) atoms. The summed E-state index contributed by atoms with van der Waals surface area (Å²) in [5.41, 5.74) is 8.96. The Morgan fingerprint density at radius 3 is 2.34 bits per heavy atom. The van der Waals surface area contributed by atoms with Crippen molar-refractivity contribution in [1.82, 2.24) is 4.90 Å². The van der Waals surface area contributed by atoms with Crippen molar-refractivity contribution in [1.29, 1.82) is 0 Å². The Hall–Kier alpha value is -1.76. The summed E-state index contributed by atoms with van der Waals surface area (Å²) in [6.07, 6.45) is 2.65. The molecule has 3 N–H and O–H groups in total. The Morgan fingerprint density at radius 2 is 1.63 bits per heavy atom. The van der Waals surface area contributed by atoms with Crippen molar-refractivity contribution in [2.75, 3.05) is 77.4 Å². The number of amides is 1. The lowest BCUT2D eigenvalue weighted by molar-refractivity contribution is -0.136. The van der Waals surface area contributed by atoms with Gasteiger partial charge in [0.05, 0.1) is 46.1 Å². The number of carboxylic acids is 1. The molecule has 0 atom stereocenters. The quantitative estimate of drug-likeness (QED) is 0.193. The van der Waals surface area contributed by atoms with E-state index in [9.17, 15) is 9.59 Å². The predicted octanol–water partition coefficient (Wildman–Crippen LogP) is 2.93. The number of ether oxygens (including phenoxy) is 4. The number of carboxylic acid groups (broad SMARTS) is 1. The summed E-state index contributed by atoms with van der Waals surface area (Å²) >= 11 is 0. The van der Waals surface area contributed by atoms with E-state index >= 15 is 0 Å². The molecule has 1 aliphatic carbocycles. The van der Waals surface area contributed by atoms with E-state index in [-0.39, 0.29) is 13.0 Å². The van der Waals surface area contributed by atoms with Crippen LogP contribution in [0.2, 0.25) is 0 Å². The van der Waals surface area contributed by atoms with Gasteiger partial charge < -0.3 is 34.7 Å². The summed E-state index contributed by atoms with van der Waals surface area (Å²) in [7, 11) is 3.13. The average Bonchev–Trinajstić information content (AvgIpc) is 3.27. The van der Waals surface area contributed by atoms with E-state index in [1.807, 2.05) is 12.1 Å². The van der Waals surface area contributed by atoms with Crippen LogP contribution in [0.5, 0.6) is 0 Å². The third-order valence-electron chi connectivity index (χ3n) is 4.91. The standard InChI is InChI=1S/C24H36N2O7S2/c25-6-9-30-10-7-26(8-11-31-12-13-32-14-16-35-34-15-5-23(27)28)24(29)33-19-20-17-21-3-1-2-4-22(21)18-20/h1-4,17H,5-16,18-19,25H2,(H,27,28). The van der Waals surface area contributed by atoms with Crippen molar-refractivity contribution < 1.29 is 33.6 Å². The topological polar surface area (TPSA) is 121 Å². The highest BCUT2D eigenvalue weighted by atomic mass is 33.1. The number of benzene rings is 1. The summed E-state index contributed by atoms with van der Waals surface area (Å²) in [6, 6.07) is 8.16. The minimum Gasteiger partial charge on any atom is -0.481 e. The molecule has 1 aliphatic rings. The monoisotopic (exact) mass is 528 g/mol. The highest BCUT2D eigenvalue weighted by Crippen LogP contribution is 2.24. The van der Waals surface area contributed by atoms with Crippen LogP contribution in [-0.2, 0) is 30.2 Å². The first-order valence-corrected chi connectivity index (χ1v) is 14.2. The number of carbonyl (C=O) groups is 2. The number of nitrogens with two attached hydrogens (primary N) is 1. The van der Waals surface area contributed by atoms with Crippen LogP contribution in [-0.4, -0.2) is 99.5 Å². The molecule has 1 aromatic carbocycles. The van der Waals surface area contributed by atoms with Gasteiger partial charge in [0, 0.05) is 31.1 Å². The maximum atomic E-state index is 12.7. The van der Waals surface area contributed by atoms with Crippen molar-refractivity contribution in [2.24, 2.45) is 5.73 Å². The van der Waals surface area contributed by atoms with Gasteiger partial charge in [0.15, 0.2) is 0 Å². The molecule has 0 saturated heterocycles. The molecule has 0 fully saturated rings. The van der Waals surface area contributed by atoms with Gasteiger partial charge in [-0.2, -0.15) is 0 Å². The molecular formula is C24H36N2O7S2. The molecule has 0 heterocycles. The Balaban J connectivity index is 1.59. The zero-order valence-electron chi connectivity index (χ0n) is 20.0. The van der Waals surface area contributed by atoms with Crippen LogP contribution < -0.4 is 5.73 Å². The zero-order valence-corrected chi connectivity index (χ0v) is 21.7. The normalized spacial score (nSPS) is 12.3. The Bertz CT molecular complexity index is 795. The van der Waals surface area contributed by atoms with Crippen molar-refractivity contribution in [2.45, 2.75) is 12.8 Å². The van der Waals surface area contributed by atoms with Crippen LogP contribution in [0.25, 0.3) is 6.08 Å². The largest absolute Gasteiger partial charge is 0.481 e. The molecular weight excluding hydrogens is 492 g/mol. The van der Waals surface area contributed by atoms with Crippen molar-refractivity contribution in [3.05, 3.63) is 41.0 Å². The second-order valence-electron chi connectivity index (χ2n) is 7.63. The molecule has 1 amide bonds. The van der Waals surface area contributed by atoms with Gasteiger partial charge >= 0.3 is 12.1 Å². The molecule has 0 radical (unpaired) electrons. The van der Waals surface area contributed by atoms with Gasteiger partial charge in [-0.1, -0.05) is 51.9 Å². The van der Waals surface area contributed by atoms with Gasteiger partial charge in [-0.15, -0.1) is 0 Å². The summed E-state index contributed by atoms with van der Waals surface area (Å²) in [5, 5.41) is 8.59.